The maximum atomic E-state index is 12.6. The number of aromatic nitrogens is 1. The highest BCUT2D eigenvalue weighted by Crippen LogP contribution is 2.38. The Bertz CT molecular complexity index is 990. The normalized spacial score (nSPS) is 10.8. The van der Waals surface area contributed by atoms with E-state index in [0.29, 0.717) is 5.56 Å². The number of hydrogen-bond donors (Lipinski definition) is 1. The van der Waals surface area contributed by atoms with Gasteiger partial charge in [-0.25, -0.2) is 0 Å². The zero-order chi connectivity index (χ0) is 16.4. The van der Waals surface area contributed by atoms with Crippen molar-refractivity contribution in [2.45, 2.75) is 5.03 Å². The van der Waals surface area contributed by atoms with E-state index >= 15 is 0 Å². The van der Waals surface area contributed by atoms with Crippen LogP contribution in [0.5, 0.6) is 0 Å². The highest BCUT2D eigenvalue weighted by atomic mass is 32.2. The summed E-state index contributed by atoms with van der Waals surface area (Å²) in [7, 11) is 0. The van der Waals surface area contributed by atoms with Gasteiger partial charge >= 0.3 is 0 Å². The highest BCUT2D eigenvalue weighted by molar-refractivity contribution is 8.14. The summed E-state index contributed by atoms with van der Waals surface area (Å²) in [5.74, 6) is 0. The fourth-order valence-electron chi connectivity index (χ4n) is 2.81. The molecule has 3 heteroatoms. The largest absolute Gasteiger partial charge is 0.349 e. The fourth-order valence-corrected chi connectivity index (χ4v) is 3.74. The monoisotopic (exact) mass is 329 g/mol. The van der Waals surface area contributed by atoms with E-state index in [-0.39, 0.29) is 5.12 Å². The van der Waals surface area contributed by atoms with E-state index < -0.39 is 0 Å². The van der Waals surface area contributed by atoms with Crippen molar-refractivity contribution in [1.29, 1.82) is 0 Å². The summed E-state index contributed by atoms with van der Waals surface area (Å²) in [6.45, 7) is 0. The van der Waals surface area contributed by atoms with Crippen LogP contribution in [-0.4, -0.2) is 10.1 Å². The molecule has 116 valence electrons. The molecule has 2 nitrogen and oxygen atoms in total. The van der Waals surface area contributed by atoms with Gasteiger partial charge in [-0.3, -0.25) is 4.79 Å². The molecule has 3 aromatic carbocycles. The molecule has 4 rings (SSSR count). The summed E-state index contributed by atoms with van der Waals surface area (Å²) < 4.78 is 0. The van der Waals surface area contributed by atoms with Crippen molar-refractivity contribution >= 4 is 27.8 Å². The van der Waals surface area contributed by atoms with Crippen molar-refractivity contribution in [3.8, 4) is 11.1 Å². The molecule has 0 radical (unpaired) electrons. The second kappa shape index (κ2) is 6.38. The molecule has 0 saturated carbocycles. The minimum atomic E-state index is 0.0411. The number of carbonyl (C=O) groups excluding carboxylic acids is 1. The van der Waals surface area contributed by atoms with Crippen LogP contribution in [0.15, 0.2) is 90.0 Å². The number of nitrogens with one attached hydrogen (secondary N) is 1. The molecule has 0 amide bonds. The van der Waals surface area contributed by atoms with E-state index in [2.05, 4.69) is 23.2 Å². The minimum Gasteiger partial charge on any atom is -0.349 e. The average molecular weight is 329 g/mol. The van der Waals surface area contributed by atoms with Gasteiger partial charge in [-0.15, -0.1) is 0 Å². The number of benzene rings is 3. The maximum absolute atomic E-state index is 12.6. The van der Waals surface area contributed by atoms with E-state index in [1.54, 1.807) is 0 Å². The molecule has 0 aliphatic rings. The lowest BCUT2D eigenvalue weighted by molar-refractivity contribution is 0.108. The van der Waals surface area contributed by atoms with Crippen LogP contribution in [0.3, 0.4) is 0 Å². The van der Waals surface area contributed by atoms with Crippen LogP contribution in [0.25, 0.3) is 22.0 Å². The van der Waals surface area contributed by atoms with Gasteiger partial charge in [-0.05, 0) is 23.4 Å². The lowest BCUT2D eigenvalue weighted by Gasteiger charge is -2.04. The summed E-state index contributed by atoms with van der Waals surface area (Å²) in [6, 6.07) is 27.7. The zero-order valence-electron chi connectivity index (χ0n) is 12.9. The predicted molar refractivity (Wildman–Crippen MR) is 100 cm³/mol. The van der Waals surface area contributed by atoms with Crippen molar-refractivity contribution in [2.75, 3.05) is 0 Å². The van der Waals surface area contributed by atoms with Crippen molar-refractivity contribution in [1.82, 2.24) is 4.98 Å². The van der Waals surface area contributed by atoms with E-state index in [9.17, 15) is 4.79 Å². The third-order valence-corrected chi connectivity index (χ3v) is 4.87. The molecular weight excluding hydrogens is 314 g/mol. The number of thioether (sulfide) groups is 1. The minimum absolute atomic E-state index is 0.0411. The first-order valence-electron chi connectivity index (χ1n) is 7.76. The molecule has 24 heavy (non-hydrogen) atoms. The maximum Gasteiger partial charge on any atom is 0.225 e. The summed E-state index contributed by atoms with van der Waals surface area (Å²) in [5.41, 5.74) is 3.94. The first kappa shape index (κ1) is 14.8. The second-order valence-corrected chi connectivity index (χ2v) is 6.48. The van der Waals surface area contributed by atoms with E-state index in [1.165, 1.54) is 11.8 Å². The Morgan fingerprint density at radius 1 is 0.750 bits per heavy atom. The lowest BCUT2D eigenvalue weighted by Crippen LogP contribution is -1.93. The SMILES string of the molecule is O=C(Sc1[nH]c2ccccc2c1-c1ccccc1)c1ccccc1. The van der Waals surface area contributed by atoms with E-state index in [0.717, 1.165) is 27.1 Å². The molecule has 1 N–H and O–H groups in total. The summed E-state index contributed by atoms with van der Waals surface area (Å²) in [5, 5.41) is 2.06. The van der Waals surface area contributed by atoms with Crippen LogP contribution < -0.4 is 0 Å². The molecule has 0 saturated heterocycles. The molecule has 0 aliphatic heterocycles. The van der Waals surface area contributed by atoms with Crippen LogP contribution >= 0.6 is 11.8 Å². The Hall–Kier alpha value is -2.78. The standard InChI is InChI=1S/C21H15NOS/c23-21(16-11-5-2-6-12-16)24-20-19(15-9-3-1-4-10-15)17-13-7-8-14-18(17)22-20/h1-14,22H. The molecule has 0 unspecified atom stereocenters. The fraction of sp³-hybridized carbons (Fsp3) is 0. The van der Waals surface area contributed by atoms with Gasteiger partial charge < -0.3 is 4.98 Å². The average Bonchev–Trinajstić information content (AvgIpc) is 3.01. The van der Waals surface area contributed by atoms with Crippen molar-refractivity contribution in [2.24, 2.45) is 0 Å². The van der Waals surface area contributed by atoms with Crippen LogP contribution in [0.4, 0.5) is 0 Å². The number of para-hydroxylation sites is 1. The quantitative estimate of drug-likeness (QED) is 0.484. The molecule has 0 aliphatic carbocycles. The van der Waals surface area contributed by atoms with Crippen molar-refractivity contribution < 1.29 is 4.79 Å². The molecule has 0 atom stereocenters. The van der Waals surface area contributed by atoms with Gasteiger partial charge in [0.2, 0.25) is 5.12 Å². The Labute approximate surface area is 144 Å². The van der Waals surface area contributed by atoms with Gasteiger partial charge in [0, 0.05) is 22.0 Å². The summed E-state index contributed by atoms with van der Waals surface area (Å²) in [6.07, 6.45) is 0. The van der Waals surface area contributed by atoms with Crippen LogP contribution in [-0.2, 0) is 0 Å². The molecule has 0 fully saturated rings. The van der Waals surface area contributed by atoms with Gasteiger partial charge in [0.25, 0.3) is 0 Å². The van der Waals surface area contributed by atoms with Gasteiger partial charge in [0.1, 0.15) is 0 Å². The van der Waals surface area contributed by atoms with Crippen LogP contribution in [0.1, 0.15) is 10.4 Å². The van der Waals surface area contributed by atoms with Crippen molar-refractivity contribution in [3.05, 3.63) is 90.5 Å². The molecule has 1 aromatic heterocycles. The predicted octanol–water partition coefficient (Wildman–Crippen LogP) is 5.77. The Morgan fingerprint density at radius 3 is 2.12 bits per heavy atom. The number of H-pyrrole nitrogens is 1. The molecule has 0 spiro atoms. The first-order chi connectivity index (χ1) is 11.8. The van der Waals surface area contributed by atoms with E-state index in [4.69, 9.17) is 0 Å². The Morgan fingerprint density at radius 2 is 1.38 bits per heavy atom. The van der Waals surface area contributed by atoms with E-state index in [1.807, 2.05) is 66.7 Å². The Kier molecular flexibility index (Phi) is 3.93. The highest BCUT2D eigenvalue weighted by Gasteiger charge is 2.17. The van der Waals surface area contributed by atoms with Gasteiger partial charge in [-0.2, -0.15) is 0 Å². The van der Waals surface area contributed by atoms with Crippen molar-refractivity contribution in [3.63, 3.8) is 0 Å². The van der Waals surface area contributed by atoms with Gasteiger partial charge in [0.05, 0.1) is 5.03 Å². The molecule has 1 heterocycles. The zero-order valence-corrected chi connectivity index (χ0v) is 13.7. The third-order valence-electron chi connectivity index (χ3n) is 3.94. The number of fused-ring (bicyclic) bond motifs is 1. The van der Waals surface area contributed by atoms with Gasteiger partial charge in [-0.1, -0.05) is 78.9 Å². The third kappa shape index (κ3) is 2.74. The lowest BCUT2D eigenvalue weighted by atomic mass is 10.1. The Balaban J connectivity index is 1.82. The second-order valence-electron chi connectivity index (χ2n) is 5.50. The topological polar surface area (TPSA) is 32.9 Å². The summed E-state index contributed by atoms with van der Waals surface area (Å²) in [4.78, 5) is 16.0. The smallest absolute Gasteiger partial charge is 0.225 e. The van der Waals surface area contributed by atoms with Crippen LogP contribution in [0.2, 0.25) is 0 Å². The van der Waals surface area contributed by atoms with Gasteiger partial charge in [0.15, 0.2) is 0 Å². The molecular formula is C21H15NOS. The van der Waals surface area contributed by atoms with Crippen LogP contribution in [0, 0.1) is 0 Å². The number of carbonyl (C=O) groups is 1. The number of rotatable bonds is 3. The molecule has 4 aromatic rings. The number of hydrogen-bond acceptors (Lipinski definition) is 2. The first-order valence-corrected chi connectivity index (χ1v) is 8.58. The number of aromatic amines is 1. The molecule has 0 bridgehead atoms. The summed E-state index contributed by atoms with van der Waals surface area (Å²) >= 11 is 1.25.